The highest BCUT2D eigenvalue weighted by Gasteiger charge is 2.32. The highest BCUT2D eigenvalue weighted by Crippen LogP contribution is 2.24. The Morgan fingerprint density at radius 1 is 1.25 bits per heavy atom. The van der Waals surface area contributed by atoms with E-state index in [1.807, 2.05) is 16.5 Å². The van der Waals surface area contributed by atoms with Gasteiger partial charge >= 0.3 is 12.1 Å². The minimum Gasteiger partial charge on any atom is -0.478 e. The summed E-state index contributed by atoms with van der Waals surface area (Å²) in [5, 5.41) is 9.05. The maximum Gasteiger partial charge on any atom is 0.401 e. The summed E-state index contributed by atoms with van der Waals surface area (Å²) >= 11 is 0. The zero-order chi connectivity index (χ0) is 17.5. The number of anilines is 1. The second-order valence-electron chi connectivity index (χ2n) is 5.86. The standard InChI is InChI=1S/C15H17F3N4O2/c1-20-12-3-2-10(13(23)24)8-11(12)19-14(20)22-6-4-21(5-7-22)9-15(16,17)18/h2-3,8H,4-7,9H2,1H3,(H,23,24). The number of hydrogen-bond donors (Lipinski definition) is 1. The van der Waals surface area contributed by atoms with Crippen molar-refractivity contribution in [3.8, 4) is 0 Å². The Morgan fingerprint density at radius 2 is 1.92 bits per heavy atom. The molecule has 1 aliphatic heterocycles. The van der Waals surface area contributed by atoms with Gasteiger partial charge in [-0.2, -0.15) is 13.2 Å². The average molecular weight is 342 g/mol. The van der Waals surface area contributed by atoms with E-state index in [2.05, 4.69) is 4.98 Å². The van der Waals surface area contributed by atoms with Crippen LogP contribution < -0.4 is 4.90 Å². The van der Waals surface area contributed by atoms with Gasteiger partial charge in [0.2, 0.25) is 5.95 Å². The number of carboxylic acids is 1. The van der Waals surface area contributed by atoms with Crippen molar-refractivity contribution >= 4 is 23.0 Å². The average Bonchev–Trinajstić information content (AvgIpc) is 2.83. The number of aromatic nitrogens is 2. The molecule has 1 saturated heterocycles. The molecule has 0 bridgehead atoms. The quantitative estimate of drug-likeness (QED) is 0.924. The van der Waals surface area contributed by atoms with Crippen molar-refractivity contribution in [1.82, 2.24) is 14.5 Å². The summed E-state index contributed by atoms with van der Waals surface area (Å²) in [6.07, 6.45) is -4.19. The molecule has 0 saturated carbocycles. The number of piperazine rings is 1. The molecular formula is C15H17F3N4O2. The third-order valence-corrected chi connectivity index (χ3v) is 4.16. The van der Waals surface area contributed by atoms with Gasteiger partial charge in [-0.1, -0.05) is 0 Å². The van der Waals surface area contributed by atoms with Crippen LogP contribution in [0.25, 0.3) is 11.0 Å². The smallest absolute Gasteiger partial charge is 0.401 e. The van der Waals surface area contributed by atoms with Gasteiger partial charge in [0.1, 0.15) is 0 Å². The van der Waals surface area contributed by atoms with Gasteiger partial charge in [-0.15, -0.1) is 0 Å². The van der Waals surface area contributed by atoms with Crippen molar-refractivity contribution in [3.63, 3.8) is 0 Å². The number of fused-ring (bicyclic) bond motifs is 1. The number of hydrogen-bond acceptors (Lipinski definition) is 4. The molecular weight excluding hydrogens is 325 g/mol. The number of aryl methyl sites for hydroxylation is 1. The fraction of sp³-hybridized carbons (Fsp3) is 0.467. The van der Waals surface area contributed by atoms with Gasteiger partial charge in [-0.3, -0.25) is 4.90 Å². The minimum absolute atomic E-state index is 0.155. The second-order valence-corrected chi connectivity index (χ2v) is 5.86. The molecule has 130 valence electrons. The fourth-order valence-corrected chi connectivity index (χ4v) is 2.96. The Hall–Kier alpha value is -2.29. The number of alkyl halides is 3. The Balaban J connectivity index is 1.78. The van der Waals surface area contributed by atoms with Gasteiger partial charge in [-0.25, -0.2) is 9.78 Å². The van der Waals surface area contributed by atoms with Crippen molar-refractivity contribution in [3.05, 3.63) is 23.8 Å². The third-order valence-electron chi connectivity index (χ3n) is 4.16. The molecule has 1 aliphatic rings. The van der Waals surface area contributed by atoms with Crippen LogP contribution in [-0.2, 0) is 7.05 Å². The van der Waals surface area contributed by atoms with E-state index >= 15 is 0 Å². The van der Waals surface area contributed by atoms with E-state index in [4.69, 9.17) is 5.11 Å². The molecule has 3 rings (SSSR count). The predicted octanol–water partition coefficient (Wildman–Crippen LogP) is 1.96. The van der Waals surface area contributed by atoms with Crippen molar-refractivity contribution in [2.45, 2.75) is 6.18 Å². The number of rotatable bonds is 3. The Labute approximate surface area is 136 Å². The van der Waals surface area contributed by atoms with E-state index < -0.39 is 18.7 Å². The van der Waals surface area contributed by atoms with Crippen LogP contribution in [0.2, 0.25) is 0 Å². The minimum atomic E-state index is -4.19. The van der Waals surface area contributed by atoms with E-state index in [9.17, 15) is 18.0 Å². The molecule has 24 heavy (non-hydrogen) atoms. The topological polar surface area (TPSA) is 61.6 Å². The van der Waals surface area contributed by atoms with Crippen molar-refractivity contribution in [2.24, 2.45) is 7.05 Å². The SMILES string of the molecule is Cn1c(N2CCN(CC(F)(F)F)CC2)nc2cc(C(=O)O)ccc21. The van der Waals surface area contributed by atoms with Crippen LogP contribution in [-0.4, -0.2) is 64.4 Å². The van der Waals surface area contributed by atoms with E-state index in [0.717, 1.165) is 5.52 Å². The first-order chi connectivity index (χ1) is 11.2. The molecule has 1 aromatic carbocycles. The first-order valence-electron chi connectivity index (χ1n) is 7.48. The van der Waals surface area contributed by atoms with Crippen LogP contribution in [0.5, 0.6) is 0 Å². The number of aromatic carboxylic acids is 1. The molecule has 0 amide bonds. The number of carboxylic acid groups (broad SMARTS) is 1. The molecule has 0 radical (unpaired) electrons. The number of carbonyl (C=O) groups is 1. The molecule has 0 atom stereocenters. The Kier molecular flexibility index (Phi) is 4.12. The van der Waals surface area contributed by atoms with Crippen molar-refractivity contribution in [1.29, 1.82) is 0 Å². The molecule has 0 aliphatic carbocycles. The number of benzene rings is 1. The summed E-state index contributed by atoms with van der Waals surface area (Å²) in [5.74, 6) is -0.385. The van der Waals surface area contributed by atoms with Crippen LogP contribution in [0.1, 0.15) is 10.4 Å². The van der Waals surface area contributed by atoms with Gasteiger partial charge in [0.25, 0.3) is 0 Å². The molecule has 1 aromatic heterocycles. The monoisotopic (exact) mass is 342 g/mol. The first-order valence-corrected chi connectivity index (χ1v) is 7.48. The number of halogens is 3. The van der Waals surface area contributed by atoms with E-state index in [1.54, 1.807) is 6.07 Å². The summed E-state index contributed by atoms with van der Waals surface area (Å²) < 4.78 is 39.2. The van der Waals surface area contributed by atoms with E-state index in [1.165, 1.54) is 17.0 Å². The summed E-state index contributed by atoms with van der Waals surface area (Å²) in [6.45, 7) is 0.607. The van der Waals surface area contributed by atoms with Gasteiger partial charge < -0.3 is 14.6 Å². The summed E-state index contributed by atoms with van der Waals surface area (Å²) in [5.41, 5.74) is 1.50. The molecule has 2 aromatic rings. The normalized spacial score (nSPS) is 16.8. The Morgan fingerprint density at radius 3 is 2.50 bits per heavy atom. The molecule has 9 heteroatoms. The van der Waals surface area contributed by atoms with Crippen molar-refractivity contribution in [2.75, 3.05) is 37.6 Å². The summed E-state index contributed by atoms with van der Waals surface area (Å²) in [4.78, 5) is 18.8. The maximum atomic E-state index is 12.4. The van der Waals surface area contributed by atoms with Crippen LogP contribution in [0.4, 0.5) is 19.1 Å². The molecule has 1 fully saturated rings. The molecule has 0 unspecified atom stereocenters. The third kappa shape index (κ3) is 3.30. The zero-order valence-electron chi connectivity index (χ0n) is 13.0. The number of imidazole rings is 1. The lowest BCUT2D eigenvalue weighted by molar-refractivity contribution is -0.146. The summed E-state index contributed by atoms with van der Waals surface area (Å²) in [7, 11) is 1.81. The van der Waals surface area contributed by atoms with Gasteiger partial charge in [0.05, 0.1) is 23.1 Å². The lowest BCUT2D eigenvalue weighted by atomic mass is 10.2. The lowest BCUT2D eigenvalue weighted by Gasteiger charge is -2.35. The molecule has 1 N–H and O–H groups in total. The zero-order valence-corrected chi connectivity index (χ0v) is 13.0. The molecule has 2 heterocycles. The van der Waals surface area contributed by atoms with E-state index in [0.29, 0.717) is 37.6 Å². The molecule has 6 nitrogen and oxygen atoms in total. The largest absolute Gasteiger partial charge is 0.478 e. The van der Waals surface area contributed by atoms with Crippen LogP contribution in [0.3, 0.4) is 0 Å². The van der Waals surface area contributed by atoms with E-state index in [-0.39, 0.29) is 5.56 Å². The van der Waals surface area contributed by atoms with Crippen LogP contribution >= 0.6 is 0 Å². The van der Waals surface area contributed by atoms with Crippen LogP contribution in [0.15, 0.2) is 18.2 Å². The molecule has 0 spiro atoms. The second kappa shape index (κ2) is 5.97. The highest BCUT2D eigenvalue weighted by atomic mass is 19.4. The van der Waals surface area contributed by atoms with Gasteiger partial charge in [0.15, 0.2) is 0 Å². The van der Waals surface area contributed by atoms with Crippen LogP contribution in [0, 0.1) is 0 Å². The highest BCUT2D eigenvalue weighted by molar-refractivity contribution is 5.93. The van der Waals surface area contributed by atoms with Gasteiger partial charge in [0, 0.05) is 33.2 Å². The lowest BCUT2D eigenvalue weighted by Crippen LogP contribution is -2.49. The first kappa shape index (κ1) is 16.6. The number of nitrogens with zero attached hydrogens (tertiary/aromatic N) is 4. The summed E-state index contributed by atoms with van der Waals surface area (Å²) in [6, 6.07) is 4.70. The predicted molar refractivity (Wildman–Crippen MR) is 82.4 cm³/mol. The van der Waals surface area contributed by atoms with Gasteiger partial charge in [-0.05, 0) is 18.2 Å². The van der Waals surface area contributed by atoms with Crippen molar-refractivity contribution < 1.29 is 23.1 Å². The fourth-order valence-electron chi connectivity index (χ4n) is 2.96. The maximum absolute atomic E-state index is 12.4. The Bertz CT molecular complexity index is 764.